The second kappa shape index (κ2) is 5.27. The van der Waals surface area contributed by atoms with Crippen LogP contribution in [0.4, 0.5) is 5.82 Å². The zero-order chi connectivity index (χ0) is 13.8. The van der Waals surface area contributed by atoms with Crippen LogP contribution in [0.15, 0.2) is 35.1 Å². The summed E-state index contributed by atoms with van der Waals surface area (Å²) < 4.78 is 0. The molecule has 0 saturated heterocycles. The Bertz CT molecular complexity index is 712. The van der Waals surface area contributed by atoms with E-state index >= 15 is 0 Å². The van der Waals surface area contributed by atoms with Gasteiger partial charge in [0.25, 0.3) is 5.56 Å². The quantitative estimate of drug-likeness (QED) is 0.802. The number of terminal acetylenes is 1. The molecule has 96 valence electrons. The van der Waals surface area contributed by atoms with Crippen molar-refractivity contribution in [3.8, 4) is 12.3 Å². The first-order valence-electron chi connectivity index (χ1n) is 5.64. The van der Waals surface area contributed by atoms with Gasteiger partial charge in [0.05, 0.1) is 6.54 Å². The second-order valence-electron chi connectivity index (χ2n) is 4.02. The van der Waals surface area contributed by atoms with Crippen LogP contribution in [-0.4, -0.2) is 29.1 Å². The van der Waals surface area contributed by atoms with Gasteiger partial charge in [-0.2, -0.15) is 0 Å². The van der Waals surface area contributed by atoms with Crippen molar-refractivity contribution in [2.75, 3.05) is 18.0 Å². The fraction of sp³-hybridized carbons (Fsp3) is 0.143. The monoisotopic (exact) mass is 256 g/mol. The number of nitrogens with one attached hydrogen (secondary N) is 1. The van der Waals surface area contributed by atoms with E-state index in [2.05, 4.69) is 10.9 Å². The predicted molar refractivity (Wildman–Crippen MR) is 73.3 cm³/mol. The second-order valence-corrected chi connectivity index (χ2v) is 4.02. The van der Waals surface area contributed by atoms with Crippen molar-refractivity contribution < 1.29 is 9.90 Å². The average Bonchev–Trinajstić information content (AvgIpc) is 2.38. The lowest BCUT2D eigenvalue weighted by Crippen LogP contribution is -2.32. The molecule has 1 aromatic heterocycles. The van der Waals surface area contributed by atoms with Gasteiger partial charge in [-0.1, -0.05) is 24.1 Å². The molecule has 0 aliphatic heterocycles. The number of aromatic amines is 1. The molecule has 19 heavy (non-hydrogen) atoms. The number of H-pyrrole nitrogens is 1. The van der Waals surface area contributed by atoms with Crippen LogP contribution in [-0.2, 0) is 4.79 Å². The molecule has 5 heteroatoms. The van der Waals surface area contributed by atoms with E-state index in [4.69, 9.17) is 11.5 Å². The summed E-state index contributed by atoms with van der Waals surface area (Å²) in [6.45, 7) is -0.154. The van der Waals surface area contributed by atoms with E-state index in [9.17, 15) is 9.59 Å². The molecule has 0 atom stereocenters. The van der Waals surface area contributed by atoms with Crippen molar-refractivity contribution in [2.24, 2.45) is 0 Å². The SMILES string of the molecule is C#CCN(CC(=O)O)c1cc2ccccc2c(=O)[nH]1. The maximum atomic E-state index is 11.9. The first kappa shape index (κ1) is 12.7. The molecule has 0 unspecified atom stereocenters. The number of aromatic nitrogens is 1. The topological polar surface area (TPSA) is 73.4 Å². The summed E-state index contributed by atoms with van der Waals surface area (Å²) in [6.07, 6.45) is 5.22. The van der Waals surface area contributed by atoms with E-state index < -0.39 is 5.97 Å². The van der Waals surface area contributed by atoms with E-state index in [1.165, 1.54) is 4.90 Å². The van der Waals surface area contributed by atoms with Crippen molar-refractivity contribution in [3.05, 3.63) is 40.7 Å². The third-order valence-corrected chi connectivity index (χ3v) is 2.69. The number of hydrogen-bond acceptors (Lipinski definition) is 3. The van der Waals surface area contributed by atoms with Gasteiger partial charge in [0.1, 0.15) is 12.4 Å². The van der Waals surface area contributed by atoms with Gasteiger partial charge in [-0.3, -0.25) is 9.59 Å². The third-order valence-electron chi connectivity index (χ3n) is 2.69. The summed E-state index contributed by atoms with van der Waals surface area (Å²) in [5.74, 6) is 1.78. The molecular weight excluding hydrogens is 244 g/mol. The molecule has 0 amide bonds. The van der Waals surface area contributed by atoms with Crippen molar-refractivity contribution in [1.82, 2.24) is 4.98 Å². The first-order chi connectivity index (χ1) is 9.11. The molecule has 0 radical (unpaired) electrons. The predicted octanol–water partition coefficient (Wildman–Crippen LogP) is 1.05. The Morgan fingerprint density at radius 2 is 2.16 bits per heavy atom. The van der Waals surface area contributed by atoms with Gasteiger partial charge in [-0.15, -0.1) is 6.42 Å². The van der Waals surface area contributed by atoms with Crippen LogP contribution in [0.25, 0.3) is 10.8 Å². The summed E-state index contributed by atoms with van der Waals surface area (Å²) in [6, 6.07) is 8.81. The minimum absolute atomic E-state index is 0.112. The number of anilines is 1. The van der Waals surface area contributed by atoms with Crippen LogP contribution in [0.5, 0.6) is 0 Å². The highest BCUT2D eigenvalue weighted by Gasteiger charge is 2.11. The lowest BCUT2D eigenvalue weighted by molar-refractivity contribution is -0.135. The van der Waals surface area contributed by atoms with Crippen LogP contribution in [0, 0.1) is 12.3 Å². The number of carboxylic acids is 1. The van der Waals surface area contributed by atoms with Gasteiger partial charge >= 0.3 is 5.97 Å². The number of carbonyl (C=O) groups is 1. The highest BCUT2D eigenvalue weighted by molar-refractivity contribution is 5.84. The maximum Gasteiger partial charge on any atom is 0.323 e. The van der Waals surface area contributed by atoms with Crippen LogP contribution >= 0.6 is 0 Å². The van der Waals surface area contributed by atoms with E-state index in [-0.39, 0.29) is 18.6 Å². The summed E-state index contributed by atoms with van der Waals surface area (Å²) >= 11 is 0. The van der Waals surface area contributed by atoms with Gasteiger partial charge < -0.3 is 15.0 Å². The van der Waals surface area contributed by atoms with Gasteiger partial charge in [0, 0.05) is 5.39 Å². The Labute approximate surface area is 109 Å². The summed E-state index contributed by atoms with van der Waals surface area (Å²) in [5, 5.41) is 10.2. The largest absolute Gasteiger partial charge is 0.480 e. The van der Waals surface area contributed by atoms with E-state index in [1.807, 2.05) is 6.07 Å². The zero-order valence-electron chi connectivity index (χ0n) is 10.1. The van der Waals surface area contributed by atoms with Gasteiger partial charge in [-0.05, 0) is 17.5 Å². The Morgan fingerprint density at radius 3 is 2.84 bits per heavy atom. The summed E-state index contributed by atoms with van der Waals surface area (Å²) in [7, 11) is 0. The Kier molecular flexibility index (Phi) is 3.53. The van der Waals surface area contributed by atoms with Gasteiger partial charge in [-0.25, -0.2) is 0 Å². The number of carboxylic acid groups (broad SMARTS) is 1. The number of pyridine rings is 1. The summed E-state index contributed by atoms with van der Waals surface area (Å²) in [5.41, 5.74) is -0.263. The molecule has 0 bridgehead atoms. The van der Waals surface area contributed by atoms with Crippen molar-refractivity contribution in [1.29, 1.82) is 0 Å². The molecule has 1 aromatic carbocycles. The van der Waals surface area contributed by atoms with Crippen molar-refractivity contribution >= 4 is 22.6 Å². The summed E-state index contributed by atoms with van der Waals surface area (Å²) in [4.78, 5) is 26.8. The molecule has 2 rings (SSSR count). The zero-order valence-corrected chi connectivity index (χ0v) is 10.1. The molecule has 5 nitrogen and oxygen atoms in total. The highest BCUT2D eigenvalue weighted by Crippen LogP contribution is 2.15. The highest BCUT2D eigenvalue weighted by atomic mass is 16.4. The normalized spacial score (nSPS) is 10.1. The first-order valence-corrected chi connectivity index (χ1v) is 5.64. The van der Waals surface area contributed by atoms with Crippen LogP contribution in [0.1, 0.15) is 0 Å². The molecule has 0 saturated carbocycles. The Balaban J connectivity index is 2.51. The average molecular weight is 256 g/mol. The minimum Gasteiger partial charge on any atom is -0.480 e. The molecule has 0 fully saturated rings. The number of fused-ring (bicyclic) bond motifs is 1. The smallest absolute Gasteiger partial charge is 0.323 e. The molecule has 2 aromatic rings. The van der Waals surface area contributed by atoms with E-state index in [1.54, 1.807) is 24.3 Å². The van der Waals surface area contributed by atoms with Crippen molar-refractivity contribution in [3.63, 3.8) is 0 Å². The number of aliphatic carboxylic acids is 1. The molecule has 0 aliphatic carbocycles. The van der Waals surface area contributed by atoms with Gasteiger partial charge in [0.2, 0.25) is 0 Å². The molecule has 2 N–H and O–H groups in total. The lowest BCUT2D eigenvalue weighted by Gasteiger charge is -2.19. The standard InChI is InChI=1S/C14H12N2O3/c1-2-7-16(9-13(17)18)12-8-10-5-3-4-6-11(10)14(19)15-12/h1,3-6,8H,7,9H2,(H,15,19)(H,17,18). The minimum atomic E-state index is -1.01. The lowest BCUT2D eigenvalue weighted by atomic mass is 10.1. The number of hydrogen-bond donors (Lipinski definition) is 2. The fourth-order valence-corrected chi connectivity index (χ4v) is 1.87. The maximum absolute atomic E-state index is 11.9. The number of benzene rings is 1. The fourth-order valence-electron chi connectivity index (χ4n) is 1.87. The number of rotatable bonds is 4. The molecular formula is C14H12N2O3. The molecule has 0 aliphatic rings. The van der Waals surface area contributed by atoms with Crippen molar-refractivity contribution in [2.45, 2.75) is 0 Å². The van der Waals surface area contributed by atoms with Crippen LogP contribution in [0.2, 0.25) is 0 Å². The molecule has 0 spiro atoms. The van der Waals surface area contributed by atoms with E-state index in [0.717, 1.165) is 5.39 Å². The van der Waals surface area contributed by atoms with E-state index in [0.29, 0.717) is 11.2 Å². The van der Waals surface area contributed by atoms with Crippen LogP contribution < -0.4 is 10.5 Å². The molecule has 1 heterocycles. The third kappa shape index (κ3) is 2.75. The number of nitrogens with zero attached hydrogens (tertiary/aromatic N) is 1. The van der Waals surface area contributed by atoms with Gasteiger partial charge in [0.15, 0.2) is 0 Å². The Morgan fingerprint density at radius 1 is 1.42 bits per heavy atom. The van der Waals surface area contributed by atoms with Crippen LogP contribution in [0.3, 0.4) is 0 Å². The Hall–Kier alpha value is -2.74.